The number of ether oxygens (including phenoxy) is 1. The van der Waals surface area contributed by atoms with E-state index in [1.54, 1.807) is 6.26 Å². The Hall–Kier alpha value is -1.81. The summed E-state index contributed by atoms with van der Waals surface area (Å²) >= 11 is 0. The molecule has 96 valence electrons. The molecule has 0 fully saturated rings. The third-order valence-electron chi connectivity index (χ3n) is 2.57. The highest BCUT2D eigenvalue weighted by molar-refractivity contribution is 5.14. The van der Waals surface area contributed by atoms with E-state index in [0.717, 1.165) is 18.5 Å². The van der Waals surface area contributed by atoms with E-state index in [1.807, 2.05) is 25.2 Å². The lowest BCUT2D eigenvalue weighted by Crippen LogP contribution is -2.05. The highest BCUT2D eigenvalue weighted by Crippen LogP contribution is 2.10. The van der Waals surface area contributed by atoms with Crippen molar-refractivity contribution in [2.75, 3.05) is 13.7 Å². The molecule has 0 radical (unpaired) electrons. The highest BCUT2D eigenvalue weighted by Gasteiger charge is 2.03. The molecule has 0 atom stereocenters. The molecule has 0 bridgehead atoms. The van der Waals surface area contributed by atoms with Gasteiger partial charge in [-0.3, -0.25) is 0 Å². The molecule has 1 aromatic heterocycles. The molecular weight excluding hydrogens is 228 g/mol. The molecule has 4 heteroatoms. The SMILES string of the molecule is CNCc1coc(OCCCc2ccccc2)n1. The standard InChI is InChI=1S/C14H18N2O2/c1-15-10-13-11-18-14(16-13)17-9-5-8-12-6-3-2-4-7-12/h2-4,6-7,11,15H,5,8-10H2,1H3. The Kier molecular flexibility index (Phi) is 4.78. The first-order valence-electron chi connectivity index (χ1n) is 6.14. The van der Waals surface area contributed by atoms with Crippen LogP contribution >= 0.6 is 0 Å². The Morgan fingerprint density at radius 1 is 1.28 bits per heavy atom. The van der Waals surface area contributed by atoms with Crippen molar-refractivity contribution < 1.29 is 9.15 Å². The number of aromatic nitrogens is 1. The van der Waals surface area contributed by atoms with E-state index >= 15 is 0 Å². The Labute approximate surface area is 107 Å². The van der Waals surface area contributed by atoms with Gasteiger partial charge in [-0.1, -0.05) is 30.3 Å². The second-order valence-corrected chi connectivity index (χ2v) is 4.07. The lowest BCUT2D eigenvalue weighted by Gasteiger charge is -2.01. The molecule has 0 unspecified atom stereocenters. The van der Waals surface area contributed by atoms with Crippen molar-refractivity contribution in [2.24, 2.45) is 0 Å². The van der Waals surface area contributed by atoms with Crippen molar-refractivity contribution in [1.82, 2.24) is 10.3 Å². The topological polar surface area (TPSA) is 47.3 Å². The van der Waals surface area contributed by atoms with Gasteiger partial charge in [-0.25, -0.2) is 0 Å². The van der Waals surface area contributed by atoms with Crippen molar-refractivity contribution in [2.45, 2.75) is 19.4 Å². The quantitative estimate of drug-likeness (QED) is 0.762. The maximum absolute atomic E-state index is 5.45. The van der Waals surface area contributed by atoms with Crippen LogP contribution in [-0.2, 0) is 13.0 Å². The van der Waals surface area contributed by atoms with Gasteiger partial charge in [0.05, 0.1) is 12.3 Å². The summed E-state index contributed by atoms with van der Waals surface area (Å²) in [5, 5.41) is 3.01. The minimum Gasteiger partial charge on any atom is -0.450 e. The predicted molar refractivity (Wildman–Crippen MR) is 69.5 cm³/mol. The zero-order chi connectivity index (χ0) is 12.6. The Bertz CT molecular complexity index is 454. The van der Waals surface area contributed by atoms with E-state index < -0.39 is 0 Å². The minimum atomic E-state index is 0.355. The van der Waals surface area contributed by atoms with Crippen LogP contribution < -0.4 is 10.1 Å². The van der Waals surface area contributed by atoms with Crippen molar-refractivity contribution in [3.8, 4) is 6.08 Å². The fourth-order valence-electron chi connectivity index (χ4n) is 1.70. The molecule has 0 saturated heterocycles. The van der Waals surface area contributed by atoms with Gasteiger partial charge in [-0.2, -0.15) is 4.98 Å². The van der Waals surface area contributed by atoms with E-state index in [-0.39, 0.29) is 0 Å². The van der Waals surface area contributed by atoms with E-state index in [9.17, 15) is 0 Å². The van der Waals surface area contributed by atoms with Gasteiger partial charge in [0.1, 0.15) is 6.26 Å². The summed E-state index contributed by atoms with van der Waals surface area (Å²) in [7, 11) is 1.87. The van der Waals surface area contributed by atoms with Crippen molar-refractivity contribution >= 4 is 0 Å². The summed E-state index contributed by atoms with van der Waals surface area (Å²) in [6, 6.07) is 10.4. The van der Waals surface area contributed by atoms with Crippen molar-refractivity contribution in [3.05, 3.63) is 47.9 Å². The highest BCUT2D eigenvalue weighted by atomic mass is 16.6. The number of nitrogens with one attached hydrogen (secondary N) is 1. The first-order valence-corrected chi connectivity index (χ1v) is 6.14. The van der Waals surface area contributed by atoms with Crippen LogP contribution in [0.15, 0.2) is 41.0 Å². The van der Waals surface area contributed by atoms with Crippen LogP contribution in [0.5, 0.6) is 6.08 Å². The normalized spacial score (nSPS) is 10.5. The molecule has 1 N–H and O–H groups in total. The molecular formula is C14H18N2O2. The van der Waals surface area contributed by atoms with Crippen LogP contribution in [0.2, 0.25) is 0 Å². The van der Waals surface area contributed by atoms with Gasteiger partial charge in [-0.05, 0) is 25.5 Å². The Balaban J connectivity index is 1.68. The smallest absolute Gasteiger partial charge is 0.393 e. The van der Waals surface area contributed by atoms with Gasteiger partial charge < -0.3 is 14.5 Å². The molecule has 2 aromatic rings. The van der Waals surface area contributed by atoms with E-state index in [4.69, 9.17) is 9.15 Å². The zero-order valence-corrected chi connectivity index (χ0v) is 10.6. The van der Waals surface area contributed by atoms with E-state index in [1.165, 1.54) is 5.56 Å². The summed E-state index contributed by atoms with van der Waals surface area (Å²) in [4.78, 5) is 4.19. The van der Waals surface area contributed by atoms with Gasteiger partial charge in [0.2, 0.25) is 0 Å². The third kappa shape index (κ3) is 3.89. The maximum Gasteiger partial charge on any atom is 0.393 e. The number of hydrogen-bond acceptors (Lipinski definition) is 4. The van der Waals surface area contributed by atoms with Crippen LogP contribution in [0.4, 0.5) is 0 Å². The van der Waals surface area contributed by atoms with Crippen molar-refractivity contribution in [3.63, 3.8) is 0 Å². The summed E-state index contributed by atoms with van der Waals surface area (Å²) in [5.41, 5.74) is 2.18. The van der Waals surface area contributed by atoms with Crippen LogP contribution in [0.3, 0.4) is 0 Å². The monoisotopic (exact) mass is 246 g/mol. The van der Waals surface area contributed by atoms with Gasteiger partial charge in [0, 0.05) is 6.54 Å². The molecule has 0 saturated carbocycles. The van der Waals surface area contributed by atoms with Crippen LogP contribution in [0, 0.1) is 0 Å². The van der Waals surface area contributed by atoms with Crippen LogP contribution in [-0.4, -0.2) is 18.6 Å². The lowest BCUT2D eigenvalue weighted by molar-refractivity contribution is 0.227. The minimum absolute atomic E-state index is 0.355. The molecule has 1 heterocycles. The summed E-state index contributed by atoms with van der Waals surface area (Å²) in [6.07, 6.45) is 3.93. The molecule has 1 aromatic carbocycles. The number of aryl methyl sites for hydroxylation is 1. The molecule has 0 aliphatic rings. The largest absolute Gasteiger partial charge is 0.450 e. The molecule has 4 nitrogen and oxygen atoms in total. The molecule has 0 spiro atoms. The molecule has 18 heavy (non-hydrogen) atoms. The number of hydrogen-bond donors (Lipinski definition) is 1. The summed E-state index contributed by atoms with van der Waals surface area (Å²) in [5.74, 6) is 0. The summed E-state index contributed by atoms with van der Waals surface area (Å²) < 4.78 is 10.6. The van der Waals surface area contributed by atoms with Gasteiger partial charge >= 0.3 is 6.08 Å². The average Bonchev–Trinajstić information content (AvgIpc) is 2.84. The Morgan fingerprint density at radius 3 is 2.89 bits per heavy atom. The number of rotatable bonds is 7. The molecule has 0 amide bonds. The Morgan fingerprint density at radius 2 is 2.11 bits per heavy atom. The predicted octanol–water partition coefficient (Wildman–Crippen LogP) is 2.41. The molecule has 0 aliphatic carbocycles. The van der Waals surface area contributed by atoms with E-state index in [0.29, 0.717) is 19.2 Å². The van der Waals surface area contributed by atoms with Gasteiger partial charge in [-0.15, -0.1) is 0 Å². The fourth-order valence-corrected chi connectivity index (χ4v) is 1.70. The second-order valence-electron chi connectivity index (χ2n) is 4.07. The molecule has 2 rings (SSSR count). The fraction of sp³-hybridized carbons (Fsp3) is 0.357. The van der Waals surface area contributed by atoms with Crippen molar-refractivity contribution in [1.29, 1.82) is 0 Å². The number of benzene rings is 1. The third-order valence-corrected chi connectivity index (χ3v) is 2.57. The zero-order valence-electron chi connectivity index (χ0n) is 10.6. The first kappa shape index (κ1) is 12.6. The lowest BCUT2D eigenvalue weighted by atomic mass is 10.1. The number of oxazole rings is 1. The average molecular weight is 246 g/mol. The van der Waals surface area contributed by atoms with Gasteiger partial charge in [0.15, 0.2) is 0 Å². The van der Waals surface area contributed by atoms with Gasteiger partial charge in [0.25, 0.3) is 0 Å². The number of nitrogens with zero attached hydrogens (tertiary/aromatic N) is 1. The van der Waals surface area contributed by atoms with Crippen LogP contribution in [0.1, 0.15) is 17.7 Å². The van der Waals surface area contributed by atoms with Crippen LogP contribution in [0.25, 0.3) is 0 Å². The van der Waals surface area contributed by atoms with E-state index in [2.05, 4.69) is 22.4 Å². The second kappa shape index (κ2) is 6.81. The summed E-state index contributed by atoms with van der Waals surface area (Å²) in [6.45, 7) is 1.31. The molecule has 0 aliphatic heterocycles. The maximum atomic E-state index is 5.45. The first-order chi connectivity index (χ1) is 8.88.